The second kappa shape index (κ2) is 12.0. The Morgan fingerprint density at radius 1 is 0.857 bits per heavy atom. The van der Waals surface area contributed by atoms with Crippen molar-refractivity contribution in [1.29, 1.82) is 0 Å². The highest BCUT2D eigenvalue weighted by Crippen LogP contribution is 2.18. The number of hydrogen-bond acceptors (Lipinski definition) is 4. The molecule has 0 amide bonds. The summed E-state index contributed by atoms with van der Waals surface area (Å²) in [5, 5.41) is 8.61. The number of benzene rings is 2. The van der Waals surface area contributed by atoms with E-state index >= 15 is 0 Å². The van der Waals surface area contributed by atoms with Crippen molar-refractivity contribution < 1.29 is 24.1 Å². The zero-order chi connectivity index (χ0) is 20.0. The van der Waals surface area contributed by atoms with Gasteiger partial charge in [0.05, 0.1) is 26.2 Å². The van der Waals surface area contributed by atoms with Gasteiger partial charge >= 0.3 is 5.97 Å². The third kappa shape index (κ3) is 8.28. The Labute approximate surface area is 164 Å². The Balaban J connectivity index is 1.62. The molecule has 1 N–H and O–H groups in total. The highest BCUT2D eigenvalue weighted by Gasteiger charge is 1.99. The van der Waals surface area contributed by atoms with Crippen LogP contribution >= 0.6 is 0 Å². The highest BCUT2D eigenvalue weighted by molar-refractivity contribution is 5.85. The van der Waals surface area contributed by atoms with Crippen molar-refractivity contribution in [2.45, 2.75) is 12.8 Å². The lowest BCUT2D eigenvalue weighted by molar-refractivity contribution is -0.131. The molecule has 2 aromatic rings. The molecule has 0 saturated heterocycles. The quantitative estimate of drug-likeness (QED) is 0.337. The number of carbonyl (C=O) groups is 1. The second-order valence-corrected chi connectivity index (χ2v) is 5.85. The third-order valence-corrected chi connectivity index (χ3v) is 3.63. The first-order valence-corrected chi connectivity index (χ1v) is 9.00. The molecule has 28 heavy (non-hydrogen) atoms. The monoisotopic (exact) mass is 381 g/mol. The van der Waals surface area contributed by atoms with Gasteiger partial charge in [-0.15, -0.1) is 0 Å². The van der Waals surface area contributed by atoms with Gasteiger partial charge < -0.3 is 24.2 Å². The van der Waals surface area contributed by atoms with Crippen molar-refractivity contribution in [3.63, 3.8) is 0 Å². The molecular weight excluding hydrogens is 358 g/mol. The molecule has 0 aliphatic rings. The van der Waals surface area contributed by atoms with Gasteiger partial charge in [-0.3, -0.25) is 0 Å². The van der Waals surface area contributed by atoms with E-state index in [1.165, 1.54) is 6.08 Å². The van der Waals surface area contributed by atoms with Crippen molar-refractivity contribution in [2.75, 3.05) is 26.4 Å². The molecule has 146 valence electrons. The van der Waals surface area contributed by atoms with E-state index in [2.05, 4.69) is 4.85 Å². The van der Waals surface area contributed by atoms with E-state index in [0.717, 1.165) is 41.7 Å². The van der Waals surface area contributed by atoms with Crippen LogP contribution < -0.4 is 14.2 Å². The largest absolute Gasteiger partial charge is 0.493 e. The summed E-state index contributed by atoms with van der Waals surface area (Å²) >= 11 is 0. The molecule has 0 radical (unpaired) electrons. The maximum Gasteiger partial charge on any atom is 0.328 e. The van der Waals surface area contributed by atoms with Crippen LogP contribution in [0.4, 0.5) is 0 Å². The van der Waals surface area contributed by atoms with E-state index in [0.29, 0.717) is 26.4 Å². The van der Waals surface area contributed by atoms with Crippen LogP contribution in [0, 0.1) is 6.57 Å². The summed E-state index contributed by atoms with van der Waals surface area (Å²) in [5.41, 5.74) is 0.803. The van der Waals surface area contributed by atoms with Gasteiger partial charge in [-0.2, -0.15) is 0 Å². The van der Waals surface area contributed by atoms with Crippen LogP contribution in [0.5, 0.6) is 17.2 Å². The molecule has 0 heterocycles. The summed E-state index contributed by atoms with van der Waals surface area (Å²) in [4.78, 5) is 13.8. The number of ether oxygens (including phenoxy) is 3. The Kier molecular flexibility index (Phi) is 8.95. The van der Waals surface area contributed by atoms with Gasteiger partial charge in [-0.1, -0.05) is 12.1 Å². The van der Waals surface area contributed by atoms with E-state index in [4.69, 9.17) is 25.9 Å². The fourth-order valence-electron chi connectivity index (χ4n) is 2.25. The maximum atomic E-state index is 10.5. The molecule has 0 aromatic heterocycles. The number of carboxylic acids is 1. The smallest absolute Gasteiger partial charge is 0.328 e. The minimum atomic E-state index is -0.973. The average molecular weight is 381 g/mol. The van der Waals surface area contributed by atoms with Gasteiger partial charge in [0.2, 0.25) is 6.54 Å². The van der Waals surface area contributed by atoms with E-state index < -0.39 is 5.97 Å². The zero-order valence-corrected chi connectivity index (χ0v) is 15.5. The molecule has 0 aliphatic heterocycles. The van der Waals surface area contributed by atoms with Gasteiger partial charge in [-0.25, -0.2) is 11.4 Å². The minimum absolute atomic E-state index is 0.481. The molecule has 6 heteroatoms. The summed E-state index contributed by atoms with van der Waals surface area (Å²) in [6, 6.07) is 14.6. The predicted octanol–water partition coefficient (Wildman–Crippen LogP) is 4.32. The molecule has 2 rings (SSSR count). The lowest BCUT2D eigenvalue weighted by Gasteiger charge is -2.09. The van der Waals surface area contributed by atoms with Crippen LogP contribution in [0.15, 0.2) is 54.6 Å². The Morgan fingerprint density at radius 3 is 1.79 bits per heavy atom. The van der Waals surface area contributed by atoms with Gasteiger partial charge in [0, 0.05) is 12.5 Å². The molecule has 0 saturated carbocycles. The van der Waals surface area contributed by atoms with Crippen molar-refractivity contribution >= 4 is 12.0 Å². The Hall–Kier alpha value is -3.46. The first kappa shape index (κ1) is 20.8. The summed E-state index contributed by atoms with van der Waals surface area (Å²) in [7, 11) is 0. The lowest BCUT2D eigenvalue weighted by Crippen LogP contribution is -2.05. The summed E-state index contributed by atoms with van der Waals surface area (Å²) in [6.45, 7) is 8.79. The number of rotatable bonds is 12. The van der Waals surface area contributed by atoms with Crippen LogP contribution in [0.1, 0.15) is 18.4 Å². The molecule has 0 spiro atoms. The second-order valence-electron chi connectivity index (χ2n) is 5.85. The lowest BCUT2D eigenvalue weighted by atomic mass is 10.2. The predicted molar refractivity (Wildman–Crippen MR) is 107 cm³/mol. The van der Waals surface area contributed by atoms with Crippen LogP contribution in [-0.2, 0) is 4.79 Å². The Morgan fingerprint density at radius 2 is 1.32 bits per heavy atom. The molecule has 0 bridgehead atoms. The van der Waals surface area contributed by atoms with Crippen molar-refractivity contribution in [1.82, 2.24) is 0 Å². The zero-order valence-electron chi connectivity index (χ0n) is 15.5. The summed E-state index contributed by atoms with van der Waals surface area (Å²) < 4.78 is 16.9. The highest BCUT2D eigenvalue weighted by atomic mass is 16.5. The van der Waals surface area contributed by atoms with Crippen LogP contribution in [-0.4, -0.2) is 37.4 Å². The van der Waals surface area contributed by atoms with Crippen molar-refractivity contribution in [3.05, 3.63) is 71.6 Å². The molecule has 0 fully saturated rings. The summed E-state index contributed by atoms with van der Waals surface area (Å²) in [5.74, 6) is 1.29. The fraction of sp³-hybridized carbons (Fsp3) is 0.273. The molecular formula is C22H23NO5. The number of nitrogens with zero attached hydrogens (tertiary/aromatic N) is 1. The van der Waals surface area contributed by atoms with E-state index in [9.17, 15) is 4.79 Å². The molecule has 6 nitrogen and oxygen atoms in total. The van der Waals surface area contributed by atoms with Crippen LogP contribution in [0.3, 0.4) is 0 Å². The van der Waals surface area contributed by atoms with E-state index in [1.807, 2.05) is 24.3 Å². The molecule has 0 atom stereocenters. The van der Waals surface area contributed by atoms with E-state index in [1.54, 1.807) is 24.3 Å². The number of hydrogen-bond donors (Lipinski definition) is 1. The number of aliphatic carboxylic acids is 1. The average Bonchev–Trinajstić information content (AvgIpc) is 2.71. The third-order valence-electron chi connectivity index (χ3n) is 3.63. The fourth-order valence-corrected chi connectivity index (χ4v) is 2.25. The Bertz CT molecular complexity index is 791. The maximum absolute atomic E-state index is 10.5. The first-order valence-electron chi connectivity index (χ1n) is 9.00. The molecule has 2 aromatic carbocycles. The number of carboxylic acid groups (broad SMARTS) is 1. The first-order chi connectivity index (χ1) is 13.7. The SMILES string of the molecule is [C-]#[N+]CCCOc1ccc(OCCCOc2ccc(/C=C/C(=O)O)cc2)cc1. The van der Waals surface area contributed by atoms with Crippen LogP contribution in [0.25, 0.3) is 10.9 Å². The van der Waals surface area contributed by atoms with Gasteiger partial charge in [0.1, 0.15) is 17.2 Å². The van der Waals surface area contributed by atoms with Gasteiger partial charge in [-0.05, 0) is 48.0 Å². The topological polar surface area (TPSA) is 69.3 Å². The molecule has 0 unspecified atom stereocenters. The van der Waals surface area contributed by atoms with Gasteiger partial charge in [0.15, 0.2) is 0 Å². The normalized spacial score (nSPS) is 10.4. The minimum Gasteiger partial charge on any atom is -0.493 e. The van der Waals surface area contributed by atoms with Crippen molar-refractivity contribution in [2.24, 2.45) is 0 Å². The van der Waals surface area contributed by atoms with E-state index in [-0.39, 0.29) is 0 Å². The van der Waals surface area contributed by atoms with Crippen LogP contribution in [0.2, 0.25) is 0 Å². The summed E-state index contributed by atoms with van der Waals surface area (Å²) in [6.07, 6.45) is 4.09. The standard InChI is InChI=1S/C22H23NO5/c1-23-14-2-15-26-20-9-11-21(12-10-20)28-17-3-16-27-19-7-4-18(5-8-19)6-13-22(24)25/h4-13H,2-3,14-17H2,(H,24,25)/b13-6+. The van der Waals surface area contributed by atoms with Crippen molar-refractivity contribution in [3.8, 4) is 17.2 Å². The molecule has 0 aliphatic carbocycles. The van der Waals surface area contributed by atoms with Gasteiger partial charge in [0.25, 0.3) is 0 Å².